The van der Waals surface area contributed by atoms with Gasteiger partial charge in [0.15, 0.2) is 0 Å². The SMILES string of the molecule is CCN(CCC(=O)O)C(=O)c1cn(-c2ccc(Cl)cc2)nc1C. The molecule has 0 saturated heterocycles. The molecule has 1 aromatic carbocycles. The minimum Gasteiger partial charge on any atom is -0.481 e. The van der Waals surface area contributed by atoms with Crippen molar-refractivity contribution >= 4 is 23.5 Å². The van der Waals surface area contributed by atoms with E-state index in [1.165, 1.54) is 4.90 Å². The number of amides is 1. The molecule has 0 aliphatic carbocycles. The van der Waals surface area contributed by atoms with E-state index in [9.17, 15) is 9.59 Å². The molecular weight excluding hydrogens is 318 g/mol. The summed E-state index contributed by atoms with van der Waals surface area (Å²) >= 11 is 5.87. The highest BCUT2D eigenvalue weighted by molar-refractivity contribution is 6.30. The fourth-order valence-corrected chi connectivity index (χ4v) is 2.33. The van der Waals surface area contributed by atoms with Gasteiger partial charge in [0, 0.05) is 24.3 Å². The average molecular weight is 336 g/mol. The summed E-state index contributed by atoms with van der Waals surface area (Å²) in [6, 6.07) is 7.12. The van der Waals surface area contributed by atoms with Crippen molar-refractivity contribution in [3.63, 3.8) is 0 Å². The van der Waals surface area contributed by atoms with Crippen LogP contribution in [-0.2, 0) is 4.79 Å². The summed E-state index contributed by atoms with van der Waals surface area (Å²) in [5.74, 6) is -1.14. The Kier molecular flexibility index (Phi) is 5.39. The number of carbonyl (C=O) groups is 2. The Bertz CT molecular complexity index is 710. The van der Waals surface area contributed by atoms with Crippen LogP contribution in [0.3, 0.4) is 0 Å². The Morgan fingerprint density at radius 2 is 1.96 bits per heavy atom. The second kappa shape index (κ2) is 7.28. The number of rotatable bonds is 6. The molecule has 0 saturated carbocycles. The minimum absolute atomic E-state index is 0.0794. The Morgan fingerprint density at radius 3 is 2.52 bits per heavy atom. The van der Waals surface area contributed by atoms with Crippen molar-refractivity contribution < 1.29 is 14.7 Å². The Hall–Kier alpha value is -2.34. The lowest BCUT2D eigenvalue weighted by molar-refractivity contribution is -0.137. The fraction of sp³-hybridized carbons (Fsp3) is 0.312. The topological polar surface area (TPSA) is 75.4 Å². The standard InChI is InChI=1S/C16H18ClN3O3/c1-3-19(9-8-15(21)22)16(23)14-10-20(18-11(14)2)13-6-4-12(17)5-7-13/h4-7,10H,3,8-9H2,1-2H3,(H,21,22). The first kappa shape index (κ1) is 17.0. The number of aliphatic carboxylic acids is 1. The van der Waals surface area contributed by atoms with E-state index in [0.717, 1.165) is 5.69 Å². The van der Waals surface area contributed by atoms with Crippen LogP contribution < -0.4 is 0 Å². The Balaban J connectivity index is 2.24. The lowest BCUT2D eigenvalue weighted by Gasteiger charge is -2.19. The van der Waals surface area contributed by atoms with Gasteiger partial charge in [0.1, 0.15) is 0 Å². The van der Waals surface area contributed by atoms with E-state index in [2.05, 4.69) is 5.10 Å². The summed E-state index contributed by atoms with van der Waals surface area (Å²) in [5, 5.41) is 13.8. The average Bonchev–Trinajstić information content (AvgIpc) is 2.90. The van der Waals surface area contributed by atoms with Crippen molar-refractivity contribution in [1.82, 2.24) is 14.7 Å². The number of aromatic nitrogens is 2. The molecule has 2 rings (SSSR count). The van der Waals surface area contributed by atoms with E-state index in [4.69, 9.17) is 16.7 Å². The smallest absolute Gasteiger partial charge is 0.305 e. The first-order valence-corrected chi connectivity index (χ1v) is 7.63. The molecule has 2 aromatic rings. The molecule has 0 aliphatic heterocycles. The van der Waals surface area contributed by atoms with Crippen LogP contribution in [0.15, 0.2) is 30.5 Å². The van der Waals surface area contributed by atoms with Crippen LogP contribution in [-0.4, -0.2) is 44.8 Å². The third-order valence-electron chi connectivity index (χ3n) is 3.49. The van der Waals surface area contributed by atoms with Gasteiger partial charge >= 0.3 is 5.97 Å². The molecule has 1 amide bonds. The first-order chi connectivity index (χ1) is 10.9. The Morgan fingerprint density at radius 1 is 1.30 bits per heavy atom. The summed E-state index contributed by atoms with van der Waals surface area (Å²) < 4.78 is 1.62. The van der Waals surface area contributed by atoms with Gasteiger partial charge in [-0.3, -0.25) is 9.59 Å². The molecule has 0 fully saturated rings. The summed E-state index contributed by atoms with van der Waals surface area (Å²) in [6.45, 7) is 4.19. The molecule has 0 atom stereocenters. The zero-order chi connectivity index (χ0) is 17.0. The predicted molar refractivity (Wildman–Crippen MR) is 87.1 cm³/mol. The number of hydrogen-bond donors (Lipinski definition) is 1. The number of benzene rings is 1. The molecule has 0 unspecified atom stereocenters. The second-order valence-corrected chi connectivity index (χ2v) is 5.51. The zero-order valence-corrected chi connectivity index (χ0v) is 13.7. The van der Waals surface area contributed by atoms with Gasteiger partial charge in [0.2, 0.25) is 0 Å². The van der Waals surface area contributed by atoms with Crippen molar-refractivity contribution in [3.8, 4) is 5.69 Å². The van der Waals surface area contributed by atoms with E-state index in [0.29, 0.717) is 22.8 Å². The summed E-state index contributed by atoms with van der Waals surface area (Å²) in [7, 11) is 0. The molecular formula is C16H18ClN3O3. The summed E-state index contributed by atoms with van der Waals surface area (Å²) in [5.41, 5.74) is 1.86. The molecule has 122 valence electrons. The van der Waals surface area contributed by atoms with Crippen LogP contribution in [0, 0.1) is 6.92 Å². The number of aryl methyl sites for hydroxylation is 1. The van der Waals surface area contributed by atoms with E-state index < -0.39 is 5.97 Å². The number of carboxylic acids is 1. The third kappa shape index (κ3) is 4.10. The largest absolute Gasteiger partial charge is 0.481 e. The van der Waals surface area contributed by atoms with Crippen LogP contribution in [0.25, 0.3) is 5.69 Å². The molecule has 0 bridgehead atoms. The number of carbonyl (C=O) groups excluding carboxylic acids is 1. The highest BCUT2D eigenvalue weighted by atomic mass is 35.5. The van der Waals surface area contributed by atoms with Crippen LogP contribution in [0.1, 0.15) is 29.4 Å². The van der Waals surface area contributed by atoms with Gasteiger partial charge in [-0.05, 0) is 38.1 Å². The van der Waals surface area contributed by atoms with Crippen molar-refractivity contribution in [2.45, 2.75) is 20.3 Å². The van der Waals surface area contributed by atoms with Gasteiger partial charge in [-0.2, -0.15) is 5.10 Å². The maximum absolute atomic E-state index is 12.6. The van der Waals surface area contributed by atoms with Gasteiger partial charge < -0.3 is 10.0 Å². The maximum Gasteiger partial charge on any atom is 0.305 e. The highest BCUT2D eigenvalue weighted by Crippen LogP contribution is 2.16. The minimum atomic E-state index is -0.926. The van der Waals surface area contributed by atoms with Crippen molar-refractivity contribution in [3.05, 3.63) is 46.7 Å². The number of halogens is 1. The number of nitrogens with zero attached hydrogens (tertiary/aromatic N) is 3. The lowest BCUT2D eigenvalue weighted by atomic mass is 10.2. The highest BCUT2D eigenvalue weighted by Gasteiger charge is 2.20. The van der Waals surface area contributed by atoms with Crippen molar-refractivity contribution in [2.75, 3.05) is 13.1 Å². The molecule has 1 heterocycles. The third-order valence-corrected chi connectivity index (χ3v) is 3.74. The van der Waals surface area contributed by atoms with Gasteiger partial charge in [-0.1, -0.05) is 11.6 Å². The molecule has 0 radical (unpaired) electrons. The van der Waals surface area contributed by atoms with Crippen molar-refractivity contribution in [1.29, 1.82) is 0 Å². The predicted octanol–water partition coefficient (Wildman–Crippen LogP) is 2.77. The lowest BCUT2D eigenvalue weighted by Crippen LogP contribution is -2.33. The van der Waals surface area contributed by atoms with Crippen molar-refractivity contribution in [2.24, 2.45) is 0 Å². The summed E-state index contributed by atoms with van der Waals surface area (Å²) in [6.07, 6.45) is 1.58. The number of carboxylic acid groups (broad SMARTS) is 1. The summed E-state index contributed by atoms with van der Waals surface area (Å²) in [4.78, 5) is 24.8. The van der Waals surface area contributed by atoms with E-state index in [1.54, 1.807) is 29.9 Å². The molecule has 6 nitrogen and oxygen atoms in total. The maximum atomic E-state index is 12.6. The van der Waals surface area contributed by atoms with Gasteiger partial charge in [-0.25, -0.2) is 4.68 Å². The van der Waals surface area contributed by atoms with Crippen LogP contribution >= 0.6 is 11.6 Å². The molecule has 0 spiro atoms. The normalized spacial score (nSPS) is 10.6. The number of hydrogen-bond acceptors (Lipinski definition) is 3. The van der Waals surface area contributed by atoms with Crippen LogP contribution in [0.5, 0.6) is 0 Å². The first-order valence-electron chi connectivity index (χ1n) is 7.25. The van der Waals surface area contributed by atoms with Gasteiger partial charge in [-0.15, -0.1) is 0 Å². The second-order valence-electron chi connectivity index (χ2n) is 5.08. The molecule has 1 N–H and O–H groups in total. The monoisotopic (exact) mass is 335 g/mol. The molecule has 23 heavy (non-hydrogen) atoms. The van der Waals surface area contributed by atoms with E-state index in [-0.39, 0.29) is 18.9 Å². The van der Waals surface area contributed by atoms with E-state index in [1.807, 2.05) is 19.1 Å². The van der Waals surface area contributed by atoms with Gasteiger partial charge in [0.05, 0.1) is 23.4 Å². The van der Waals surface area contributed by atoms with Crippen LogP contribution in [0.2, 0.25) is 5.02 Å². The van der Waals surface area contributed by atoms with Crippen LogP contribution in [0.4, 0.5) is 0 Å². The van der Waals surface area contributed by atoms with Gasteiger partial charge in [0.25, 0.3) is 5.91 Å². The molecule has 0 aliphatic rings. The molecule has 1 aromatic heterocycles. The zero-order valence-electron chi connectivity index (χ0n) is 13.0. The Labute approximate surface area is 139 Å². The quantitative estimate of drug-likeness (QED) is 0.880. The molecule has 7 heteroatoms. The van der Waals surface area contributed by atoms with E-state index >= 15 is 0 Å². The fourth-order valence-electron chi connectivity index (χ4n) is 2.20.